The van der Waals surface area contributed by atoms with E-state index in [9.17, 15) is 4.79 Å². The highest BCUT2D eigenvalue weighted by atomic mass is 32.1. The molecule has 0 unspecified atom stereocenters. The number of benzene rings is 1. The van der Waals surface area contributed by atoms with Gasteiger partial charge in [-0.05, 0) is 17.9 Å². The molecule has 0 aliphatic carbocycles. The fourth-order valence-corrected chi connectivity index (χ4v) is 3.69. The van der Waals surface area contributed by atoms with Crippen LogP contribution in [0.2, 0.25) is 0 Å². The van der Waals surface area contributed by atoms with Crippen molar-refractivity contribution in [3.8, 4) is 23.0 Å². The van der Waals surface area contributed by atoms with Gasteiger partial charge in [-0.3, -0.25) is 9.48 Å². The normalized spacial score (nSPS) is 10.7. The largest absolute Gasteiger partial charge is 0.275 e. The van der Waals surface area contributed by atoms with Crippen LogP contribution in [0.3, 0.4) is 0 Å². The van der Waals surface area contributed by atoms with E-state index >= 15 is 0 Å². The number of aromatic nitrogens is 4. The number of thiazole rings is 1. The molecule has 0 radical (unpaired) electrons. The Hall–Kier alpha value is -3.17. The molecule has 5 nitrogen and oxygen atoms in total. The van der Waals surface area contributed by atoms with Crippen molar-refractivity contribution in [1.82, 2.24) is 19.2 Å². The van der Waals surface area contributed by atoms with E-state index in [2.05, 4.69) is 16.9 Å². The zero-order valence-electron chi connectivity index (χ0n) is 14.4. The van der Waals surface area contributed by atoms with E-state index < -0.39 is 0 Å². The average Bonchev–Trinajstić information content (AvgIpc) is 3.26. The summed E-state index contributed by atoms with van der Waals surface area (Å²) in [6, 6.07) is 9.68. The van der Waals surface area contributed by atoms with Crippen molar-refractivity contribution in [3.05, 3.63) is 75.4 Å². The van der Waals surface area contributed by atoms with Crippen molar-refractivity contribution >= 4 is 16.3 Å². The van der Waals surface area contributed by atoms with E-state index in [1.807, 2.05) is 55.9 Å². The zero-order chi connectivity index (χ0) is 18.1. The van der Waals surface area contributed by atoms with E-state index in [1.165, 1.54) is 11.3 Å². The Morgan fingerprint density at radius 3 is 2.69 bits per heavy atom. The predicted molar refractivity (Wildman–Crippen MR) is 103 cm³/mol. The van der Waals surface area contributed by atoms with Gasteiger partial charge >= 0.3 is 0 Å². The number of hydrogen-bond acceptors (Lipinski definition) is 4. The maximum absolute atomic E-state index is 13.3. The minimum Gasteiger partial charge on any atom is -0.275 e. The summed E-state index contributed by atoms with van der Waals surface area (Å²) in [5, 5.41) is 5.99. The van der Waals surface area contributed by atoms with Gasteiger partial charge in [-0.2, -0.15) is 5.10 Å². The van der Waals surface area contributed by atoms with Gasteiger partial charge in [0, 0.05) is 18.6 Å². The first kappa shape index (κ1) is 16.3. The molecule has 26 heavy (non-hydrogen) atoms. The van der Waals surface area contributed by atoms with Gasteiger partial charge in [0.25, 0.3) is 5.56 Å². The summed E-state index contributed by atoms with van der Waals surface area (Å²) in [7, 11) is 1.85. The first-order valence-electron chi connectivity index (χ1n) is 8.26. The molecule has 3 heterocycles. The second kappa shape index (κ2) is 6.62. The van der Waals surface area contributed by atoms with Gasteiger partial charge in [-0.1, -0.05) is 43.2 Å². The van der Waals surface area contributed by atoms with E-state index in [0.29, 0.717) is 22.6 Å². The topological polar surface area (TPSA) is 52.2 Å². The van der Waals surface area contributed by atoms with Gasteiger partial charge in [-0.25, -0.2) is 9.38 Å². The highest BCUT2D eigenvalue weighted by Crippen LogP contribution is 2.22. The van der Waals surface area contributed by atoms with E-state index in [-0.39, 0.29) is 5.56 Å². The van der Waals surface area contributed by atoms with Crippen molar-refractivity contribution in [2.45, 2.75) is 13.3 Å². The third-order valence-corrected chi connectivity index (χ3v) is 4.91. The molecular weight excluding hydrogens is 344 g/mol. The molecule has 1 aromatic carbocycles. The quantitative estimate of drug-likeness (QED) is 0.516. The second-order valence-electron chi connectivity index (χ2n) is 5.85. The van der Waals surface area contributed by atoms with Crippen molar-refractivity contribution < 1.29 is 0 Å². The number of aryl methyl sites for hydroxylation is 2. The Morgan fingerprint density at radius 2 is 2.00 bits per heavy atom. The van der Waals surface area contributed by atoms with Crippen LogP contribution in [0.25, 0.3) is 16.1 Å². The minimum absolute atomic E-state index is 0.0743. The van der Waals surface area contributed by atoms with Crippen LogP contribution < -0.4 is 5.56 Å². The highest BCUT2D eigenvalue weighted by Gasteiger charge is 2.16. The standard InChI is InChI=1S/C20H16N4OS/c1-3-17-18(15-7-5-4-6-8-15)19(25)24-16(13-26-20(24)22-17)10-9-14-11-21-23(2)12-14/h4-8,11-13H,3H2,1-2H3. The van der Waals surface area contributed by atoms with Gasteiger partial charge in [0.05, 0.1) is 23.0 Å². The molecule has 0 aliphatic heterocycles. The summed E-state index contributed by atoms with van der Waals surface area (Å²) >= 11 is 1.43. The van der Waals surface area contributed by atoms with Crippen LogP contribution in [0.1, 0.15) is 23.9 Å². The first-order valence-corrected chi connectivity index (χ1v) is 9.14. The summed E-state index contributed by atoms with van der Waals surface area (Å²) in [6.45, 7) is 2.02. The van der Waals surface area contributed by atoms with Crippen LogP contribution in [-0.2, 0) is 13.5 Å². The lowest BCUT2D eigenvalue weighted by atomic mass is 10.0. The second-order valence-corrected chi connectivity index (χ2v) is 6.69. The lowest BCUT2D eigenvalue weighted by Crippen LogP contribution is -2.19. The SMILES string of the molecule is CCc1nc2scc(C#Cc3cnn(C)c3)n2c(=O)c1-c1ccccc1. The summed E-state index contributed by atoms with van der Waals surface area (Å²) in [5.74, 6) is 6.15. The summed E-state index contributed by atoms with van der Waals surface area (Å²) in [5.41, 5.74) is 3.72. The molecule has 128 valence electrons. The molecule has 4 rings (SSSR count). The van der Waals surface area contributed by atoms with Crippen molar-refractivity contribution in [3.63, 3.8) is 0 Å². The summed E-state index contributed by atoms with van der Waals surface area (Å²) in [6.07, 6.45) is 4.24. The van der Waals surface area contributed by atoms with Crippen LogP contribution in [0.5, 0.6) is 0 Å². The Kier molecular flexibility index (Phi) is 4.15. The monoisotopic (exact) mass is 360 g/mol. The molecule has 4 aromatic rings. The minimum atomic E-state index is -0.0743. The molecule has 0 N–H and O–H groups in total. The Labute approximate surface area is 154 Å². The molecule has 0 bridgehead atoms. The number of rotatable bonds is 2. The summed E-state index contributed by atoms with van der Waals surface area (Å²) in [4.78, 5) is 18.6. The Bertz CT molecular complexity index is 1210. The molecule has 0 saturated heterocycles. The Morgan fingerprint density at radius 1 is 1.19 bits per heavy atom. The number of nitrogens with zero attached hydrogens (tertiary/aromatic N) is 4. The number of fused-ring (bicyclic) bond motifs is 1. The zero-order valence-corrected chi connectivity index (χ0v) is 15.2. The molecule has 3 aromatic heterocycles. The maximum Gasteiger partial charge on any atom is 0.267 e. The average molecular weight is 360 g/mol. The van der Waals surface area contributed by atoms with Crippen molar-refractivity contribution in [2.75, 3.05) is 0 Å². The van der Waals surface area contributed by atoms with Crippen LogP contribution in [0.4, 0.5) is 0 Å². The van der Waals surface area contributed by atoms with Crippen molar-refractivity contribution in [1.29, 1.82) is 0 Å². The fourth-order valence-electron chi connectivity index (χ4n) is 2.85. The molecule has 6 heteroatoms. The van der Waals surface area contributed by atoms with E-state index in [1.54, 1.807) is 15.3 Å². The van der Waals surface area contributed by atoms with Gasteiger partial charge < -0.3 is 0 Å². The van der Waals surface area contributed by atoms with Gasteiger partial charge in [0.2, 0.25) is 0 Å². The third-order valence-electron chi connectivity index (χ3n) is 4.08. The van der Waals surface area contributed by atoms with Crippen LogP contribution >= 0.6 is 11.3 Å². The molecule has 0 atom stereocenters. The highest BCUT2D eigenvalue weighted by molar-refractivity contribution is 7.15. The molecule has 0 amide bonds. The first-order chi connectivity index (χ1) is 12.7. The van der Waals surface area contributed by atoms with Gasteiger partial charge in [-0.15, -0.1) is 11.3 Å². The van der Waals surface area contributed by atoms with E-state index in [4.69, 9.17) is 4.98 Å². The lowest BCUT2D eigenvalue weighted by molar-refractivity contribution is 0.767. The number of hydrogen-bond donors (Lipinski definition) is 0. The van der Waals surface area contributed by atoms with Gasteiger partial charge in [0.1, 0.15) is 5.69 Å². The van der Waals surface area contributed by atoms with Crippen LogP contribution in [0, 0.1) is 11.8 Å². The smallest absolute Gasteiger partial charge is 0.267 e. The Balaban J connectivity index is 1.93. The van der Waals surface area contributed by atoms with Crippen LogP contribution in [-0.4, -0.2) is 19.2 Å². The maximum atomic E-state index is 13.3. The molecule has 0 fully saturated rings. The molecular formula is C20H16N4OS. The lowest BCUT2D eigenvalue weighted by Gasteiger charge is -2.07. The van der Waals surface area contributed by atoms with Crippen molar-refractivity contribution in [2.24, 2.45) is 7.05 Å². The predicted octanol–water partition coefficient (Wildman–Crippen LogP) is 3.12. The van der Waals surface area contributed by atoms with E-state index in [0.717, 1.165) is 16.8 Å². The van der Waals surface area contributed by atoms with Crippen LogP contribution in [0.15, 0.2) is 52.9 Å². The molecule has 0 aliphatic rings. The molecule has 0 saturated carbocycles. The van der Waals surface area contributed by atoms with Gasteiger partial charge in [0.15, 0.2) is 4.96 Å². The third kappa shape index (κ3) is 2.83. The fraction of sp³-hybridized carbons (Fsp3) is 0.150. The molecule has 0 spiro atoms. The summed E-state index contributed by atoms with van der Waals surface area (Å²) < 4.78 is 3.31.